The zero-order valence-electron chi connectivity index (χ0n) is 18.9. The first kappa shape index (κ1) is 22.2. The third kappa shape index (κ3) is 5.48. The Kier molecular flexibility index (Phi) is 7.39. The first-order valence-electron chi connectivity index (χ1n) is 11.1. The van der Waals surface area contributed by atoms with Crippen LogP contribution in [0.5, 0.6) is 0 Å². The van der Waals surface area contributed by atoms with Crippen molar-refractivity contribution in [1.82, 2.24) is 0 Å². The van der Waals surface area contributed by atoms with Crippen LogP contribution in [0.1, 0.15) is 99.8 Å². The number of fused-ring (bicyclic) bond motifs is 1. The van der Waals surface area contributed by atoms with E-state index in [9.17, 15) is 4.79 Å². The molecule has 0 radical (unpaired) electrons. The van der Waals surface area contributed by atoms with Gasteiger partial charge in [-0.3, -0.25) is 4.79 Å². The highest BCUT2D eigenvalue weighted by Crippen LogP contribution is 2.60. The Morgan fingerprint density at radius 2 is 2.00 bits per heavy atom. The molecule has 4 unspecified atom stereocenters. The first-order chi connectivity index (χ1) is 12.6. The second-order valence-corrected chi connectivity index (χ2v) is 10.2. The van der Waals surface area contributed by atoms with Gasteiger partial charge in [0.15, 0.2) is 0 Å². The number of hydrogen-bond donors (Lipinski definition) is 0. The van der Waals surface area contributed by atoms with Crippen LogP contribution in [0.3, 0.4) is 0 Å². The molecule has 0 aromatic heterocycles. The number of carbonyl (C=O) groups excluding carboxylic acids is 1. The predicted molar refractivity (Wildman–Crippen MR) is 115 cm³/mol. The van der Waals surface area contributed by atoms with E-state index in [1.165, 1.54) is 51.0 Å². The molecule has 1 saturated carbocycles. The van der Waals surface area contributed by atoms with E-state index < -0.39 is 0 Å². The van der Waals surface area contributed by atoms with Gasteiger partial charge in [-0.25, -0.2) is 0 Å². The monoisotopic (exact) mass is 374 g/mol. The lowest BCUT2D eigenvalue weighted by Crippen LogP contribution is -2.48. The molecule has 4 atom stereocenters. The van der Waals surface area contributed by atoms with E-state index in [-0.39, 0.29) is 12.1 Å². The predicted octanol–water partition coefficient (Wildman–Crippen LogP) is 7.24. The van der Waals surface area contributed by atoms with Gasteiger partial charge in [0.1, 0.15) is 0 Å². The van der Waals surface area contributed by atoms with Gasteiger partial charge in [0.05, 0.1) is 6.10 Å². The van der Waals surface area contributed by atoms with Crippen LogP contribution in [0, 0.1) is 22.7 Å². The molecule has 0 aromatic rings. The molecule has 2 aliphatic carbocycles. The summed E-state index contributed by atoms with van der Waals surface area (Å²) in [7, 11) is 0. The Morgan fingerprint density at radius 3 is 2.67 bits per heavy atom. The number of carbonyl (C=O) groups is 1. The van der Waals surface area contributed by atoms with Crippen molar-refractivity contribution in [2.24, 2.45) is 22.7 Å². The number of rotatable bonds is 7. The first-order valence-corrected chi connectivity index (χ1v) is 11.1. The molecular formula is C25H42O2. The summed E-state index contributed by atoms with van der Waals surface area (Å²) in [5, 5.41) is 0. The summed E-state index contributed by atoms with van der Waals surface area (Å²) in [4.78, 5) is 11.0. The molecule has 0 aliphatic heterocycles. The lowest BCUT2D eigenvalue weighted by molar-refractivity contribution is -0.145. The summed E-state index contributed by atoms with van der Waals surface area (Å²) in [5.41, 5.74) is 4.05. The summed E-state index contributed by atoms with van der Waals surface area (Å²) >= 11 is 0. The van der Waals surface area contributed by atoms with Crippen LogP contribution >= 0.6 is 0 Å². The normalized spacial score (nSPS) is 31.7. The van der Waals surface area contributed by atoms with Crippen LogP contribution < -0.4 is 0 Å². The van der Waals surface area contributed by atoms with E-state index in [0.29, 0.717) is 10.8 Å². The Morgan fingerprint density at radius 1 is 1.30 bits per heavy atom. The standard InChI is InChI=1S/C25H42O2/c1-18(10-8-11-20(3)27-21(4)26)12-14-22-19(2)13-15-23-24(5,6)16-9-17-25(22,23)7/h10,13,20,22-23H,8-9,11-12,14-17H2,1-7H3/b18-10+. The summed E-state index contributed by atoms with van der Waals surface area (Å²) in [6.45, 7) is 15.7. The number of ether oxygens (including phenoxy) is 1. The zero-order chi connectivity index (χ0) is 20.2. The van der Waals surface area contributed by atoms with Crippen molar-refractivity contribution in [3.63, 3.8) is 0 Å². The van der Waals surface area contributed by atoms with Gasteiger partial charge in [0, 0.05) is 6.92 Å². The summed E-state index contributed by atoms with van der Waals surface area (Å²) < 4.78 is 5.22. The quantitative estimate of drug-likeness (QED) is 0.346. The minimum absolute atomic E-state index is 0.0132. The summed E-state index contributed by atoms with van der Waals surface area (Å²) in [6, 6.07) is 0. The van der Waals surface area contributed by atoms with Gasteiger partial charge in [0.2, 0.25) is 0 Å². The molecule has 2 rings (SSSR count). The van der Waals surface area contributed by atoms with E-state index in [1.807, 2.05) is 6.92 Å². The molecule has 1 fully saturated rings. The minimum atomic E-state index is -0.180. The van der Waals surface area contributed by atoms with Crippen molar-refractivity contribution in [2.45, 2.75) is 106 Å². The van der Waals surface area contributed by atoms with Crippen LogP contribution in [0.25, 0.3) is 0 Å². The second kappa shape index (κ2) is 8.97. The van der Waals surface area contributed by atoms with Crippen LogP contribution in [0.2, 0.25) is 0 Å². The van der Waals surface area contributed by atoms with Crippen molar-refractivity contribution in [3.05, 3.63) is 23.3 Å². The largest absolute Gasteiger partial charge is 0.463 e. The molecule has 27 heavy (non-hydrogen) atoms. The molecule has 0 heterocycles. The molecule has 0 bridgehead atoms. The zero-order valence-corrected chi connectivity index (χ0v) is 18.9. The third-order valence-corrected chi connectivity index (χ3v) is 7.56. The fourth-order valence-corrected chi connectivity index (χ4v) is 6.08. The van der Waals surface area contributed by atoms with E-state index in [0.717, 1.165) is 24.7 Å². The molecule has 0 spiro atoms. The molecule has 0 saturated heterocycles. The minimum Gasteiger partial charge on any atom is -0.463 e. The maximum atomic E-state index is 11.0. The van der Waals surface area contributed by atoms with E-state index >= 15 is 0 Å². The topological polar surface area (TPSA) is 26.3 Å². The number of allylic oxidation sites excluding steroid dienone is 4. The lowest BCUT2D eigenvalue weighted by Gasteiger charge is -2.57. The third-order valence-electron chi connectivity index (χ3n) is 7.56. The fourth-order valence-electron chi connectivity index (χ4n) is 6.08. The average Bonchev–Trinajstić information content (AvgIpc) is 2.52. The molecule has 0 amide bonds. The summed E-state index contributed by atoms with van der Waals surface area (Å²) in [6.07, 6.45) is 14.7. The van der Waals surface area contributed by atoms with Gasteiger partial charge in [-0.15, -0.1) is 0 Å². The maximum Gasteiger partial charge on any atom is 0.302 e. The Balaban J connectivity index is 1.95. The maximum absolute atomic E-state index is 11.0. The lowest BCUT2D eigenvalue weighted by atomic mass is 9.48. The Hall–Kier alpha value is -1.05. The Labute approximate surface area is 167 Å². The molecule has 0 aromatic carbocycles. The van der Waals surface area contributed by atoms with Crippen molar-refractivity contribution < 1.29 is 9.53 Å². The molecule has 2 heteroatoms. The van der Waals surface area contributed by atoms with Gasteiger partial charge in [-0.2, -0.15) is 0 Å². The van der Waals surface area contributed by atoms with Crippen molar-refractivity contribution in [2.75, 3.05) is 0 Å². The van der Waals surface area contributed by atoms with Crippen LogP contribution in [-0.2, 0) is 9.53 Å². The van der Waals surface area contributed by atoms with Crippen molar-refractivity contribution in [1.29, 1.82) is 0 Å². The summed E-state index contributed by atoms with van der Waals surface area (Å²) in [5.74, 6) is 1.36. The fraction of sp³-hybridized carbons (Fsp3) is 0.800. The van der Waals surface area contributed by atoms with Gasteiger partial charge < -0.3 is 4.74 Å². The smallest absolute Gasteiger partial charge is 0.302 e. The number of hydrogen-bond acceptors (Lipinski definition) is 2. The van der Waals surface area contributed by atoms with Crippen LogP contribution in [0.15, 0.2) is 23.3 Å². The van der Waals surface area contributed by atoms with Crippen molar-refractivity contribution >= 4 is 5.97 Å². The van der Waals surface area contributed by atoms with Crippen LogP contribution in [0.4, 0.5) is 0 Å². The molecule has 2 aliphatic rings. The second-order valence-electron chi connectivity index (χ2n) is 10.2. The SMILES string of the molecule is CC(=O)OC(C)CC/C=C(\C)CCC1C(C)=CCC2C(C)(C)CCCC12C. The molecule has 154 valence electrons. The number of esters is 1. The highest BCUT2D eigenvalue weighted by Gasteiger charge is 2.51. The highest BCUT2D eigenvalue weighted by molar-refractivity contribution is 5.66. The molecule has 2 nitrogen and oxygen atoms in total. The van der Waals surface area contributed by atoms with E-state index in [1.54, 1.807) is 5.57 Å². The highest BCUT2D eigenvalue weighted by atomic mass is 16.5. The van der Waals surface area contributed by atoms with Gasteiger partial charge in [0.25, 0.3) is 0 Å². The molecule has 0 N–H and O–H groups in total. The van der Waals surface area contributed by atoms with Crippen LogP contribution in [-0.4, -0.2) is 12.1 Å². The van der Waals surface area contributed by atoms with Gasteiger partial charge in [-0.05, 0) is 88.4 Å². The van der Waals surface area contributed by atoms with E-state index in [4.69, 9.17) is 4.74 Å². The molecular weight excluding hydrogens is 332 g/mol. The van der Waals surface area contributed by atoms with Gasteiger partial charge >= 0.3 is 5.97 Å². The van der Waals surface area contributed by atoms with Crippen molar-refractivity contribution in [3.8, 4) is 0 Å². The average molecular weight is 375 g/mol. The Bertz CT molecular complexity index is 583. The van der Waals surface area contributed by atoms with E-state index in [2.05, 4.69) is 46.8 Å². The van der Waals surface area contributed by atoms with Gasteiger partial charge in [-0.1, -0.05) is 50.5 Å².